The first-order valence-electron chi connectivity index (χ1n) is 10.7. The Labute approximate surface area is 210 Å². The second-order valence-electron chi connectivity index (χ2n) is 8.05. The number of hydrogen-bond acceptors (Lipinski definition) is 9. The van der Waals surface area contributed by atoms with Crippen LogP contribution in [0.2, 0.25) is 5.02 Å². The Morgan fingerprint density at radius 2 is 2.03 bits per heavy atom. The van der Waals surface area contributed by atoms with E-state index in [9.17, 15) is 18.0 Å². The van der Waals surface area contributed by atoms with Crippen molar-refractivity contribution in [3.8, 4) is 17.3 Å². The molecule has 0 bridgehead atoms. The quantitative estimate of drug-likeness (QED) is 0.301. The lowest BCUT2D eigenvalue weighted by atomic mass is 10.1. The third-order valence-electron chi connectivity index (χ3n) is 5.54. The molecule has 0 radical (unpaired) electrons. The molecule has 4 heterocycles. The van der Waals surface area contributed by atoms with Crippen LogP contribution in [-0.2, 0) is 6.18 Å². The third-order valence-corrected chi connectivity index (χ3v) is 5.85. The van der Waals surface area contributed by atoms with E-state index in [-0.39, 0.29) is 45.0 Å². The van der Waals surface area contributed by atoms with Crippen LogP contribution in [0.1, 0.15) is 30.2 Å². The molecule has 0 aliphatic heterocycles. The maximum Gasteiger partial charge on any atom is 0.432 e. The van der Waals surface area contributed by atoms with Crippen LogP contribution in [0.3, 0.4) is 0 Å². The van der Waals surface area contributed by atoms with Crippen molar-refractivity contribution in [2.75, 3.05) is 11.1 Å². The van der Waals surface area contributed by atoms with Gasteiger partial charge in [-0.2, -0.15) is 23.3 Å². The van der Waals surface area contributed by atoms with Gasteiger partial charge in [0.05, 0.1) is 22.1 Å². The van der Waals surface area contributed by atoms with Crippen LogP contribution >= 0.6 is 11.6 Å². The van der Waals surface area contributed by atoms with Gasteiger partial charge in [-0.15, -0.1) is 0 Å². The largest absolute Gasteiger partial charge is 0.432 e. The highest BCUT2D eigenvalue weighted by Gasteiger charge is 2.34. The average molecular weight is 532 g/mol. The summed E-state index contributed by atoms with van der Waals surface area (Å²) in [5.41, 5.74) is 4.78. The minimum Gasteiger partial charge on any atom is -0.383 e. The molecule has 15 heteroatoms. The van der Waals surface area contributed by atoms with Crippen molar-refractivity contribution < 1.29 is 17.7 Å². The minimum absolute atomic E-state index is 0.0538. The first-order chi connectivity index (χ1) is 17.5. The van der Waals surface area contributed by atoms with Gasteiger partial charge in [0, 0.05) is 6.07 Å². The molecule has 0 saturated heterocycles. The number of aromatic nitrogens is 7. The summed E-state index contributed by atoms with van der Waals surface area (Å²) in [7, 11) is 0. The Morgan fingerprint density at radius 1 is 1.24 bits per heavy atom. The van der Waals surface area contributed by atoms with Crippen molar-refractivity contribution in [3.05, 3.63) is 69.2 Å². The molecule has 4 aromatic heterocycles. The van der Waals surface area contributed by atoms with Crippen molar-refractivity contribution in [1.82, 2.24) is 34.9 Å². The Balaban J connectivity index is 1.68. The highest BCUT2D eigenvalue weighted by molar-refractivity contribution is 6.35. The van der Waals surface area contributed by atoms with Crippen molar-refractivity contribution >= 4 is 34.0 Å². The molecule has 37 heavy (non-hydrogen) atoms. The van der Waals surface area contributed by atoms with Crippen LogP contribution in [0, 0.1) is 6.92 Å². The molecule has 4 N–H and O–H groups in total. The zero-order chi connectivity index (χ0) is 26.5. The summed E-state index contributed by atoms with van der Waals surface area (Å²) < 4.78 is 46.1. The fourth-order valence-electron chi connectivity index (χ4n) is 3.86. The number of hydrogen-bond donors (Lipinski definition) is 3. The number of anilines is 2. The topological polar surface area (TPSA) is 153 Å². The number of benzene rings is 1. The lowest BCUT2D eigenvalue weighted by Gasteiger charge is -2.21. The second-order valence-corrected chi connectivity index (χ2v) is 8.45. The lowest BCUT2D eigenvalue weighted by Crippen LogP contribution is -2.26. The van der Waals surface area contributed by atoms with Gasteiger partial charge in [-0.25, -0.2) is 9.97 Å². The van der Waals surface area contributed by atoms with Gasteiger partial charge in [0.15, 0.2) is 11.6 Å². The van der Waals surface area contributed by atoms with Gasteiger partial charge < -0.3 is 15.6 Å². The summed E-state index contributed by atoms with van der Waals surface area (Å²) in [6.07, 6.45) is -3.48. The number of halogens is 4. The summed E-state index contributed by atoms with van der Waals surface area (Å²) >= 11 is 6.28. The molecule has 0 spiro atoms. The van der Waals surface area contributed by atoms with E-state index in [2.05, 4.69) is 30.5 Å². The maximum absolute atomic E-state index is 13.6. The van der Waals surface area contributed by atoms with E-state index < -0.39 is 23.5 Å². The number of nitrogens with zero attached hydrogens (tertiary/aromatic N) is 6. The summed E-state index contributed by atoms with van der Waals surface area (Å²) in [4.78, 5) is 25.9. The smallest absolute Gasteiger partial charge is 0.383 e. The summed E-state index contributed by atoms with van der Waals surface area (Å²) in [6.45, 7) is 3.31. The number of aryl methyl sites for hydroxylation is 1. The first kappa shape index (κ1) is 24.2. The van der Waals surface area contributed by atoms with E-state index in [1.54, 1.807) is 32.0 Å². The van der Waals surface area contributed by atoms with Crippen molar-refractivity contribution in [2.45, 2.75) is 26.1 Å². The Bertz CT molecular complexity index is 1690. The van der Waals surface area contributed by atoms with Crippen LogP contribution in [0.25, 0.3) is 28.0 Å². The van der Waals surface area contributed by atoms with Crippen molar-refractivity contribution in [3.63, 3.8) is 0 Å². The van der Waals surface area contributed by atoms with Gasteiger partial charge >= 0.3 is 6.18 Å². The second kappa shape index (κ2) is 8.89. The Morgan fingerprint density at radius 3 is 2.70 bits per heavy atom. The molecule has 1 aromatic carbocycles. The molecule has 0 fully saturated rings. The van der Waals surface area contributed by atoms with E-state index >= 15 is 0 Å². The third kappa shape index (κ3) is 4.35. The molecule has 0 amide bonds. The normalized spacial score (nSPS) is 12.7. The number of fused-ring (bicyclic) bond motifs is 1. The number of aromatic amines is 1. The van der Waals surface area contributed by atoms with E-state index in [4.69, 9.17) is 21.9 Å². The molecule has 5 rings (SSSR count). The lowest BCUT2D eigenvalue weighted by molar-refractivity contribution is -0.141. The minimum atomic E-state index is -4.69. The number of pyridine rings is 1. The maximum atomic E-state index is 13.6. The SMILES string of the molecule is Cc1noc(-c2c(N)ncnc2N[C@@H](C)c2cc3cccc(Cl)c3c(=O)n2-c2cc(C(F)(F)F)[nH]n2)n1. The summed E-state index contributed by atoms with van der Waals surface area (Å²) in [5, 5.41) is 13.3. The number of nitrogens with one attached hydrogen (secondary N) is 2. The number of H-pyrrole nitrogens is 1. The Kier molecular flexibility index (Phi) is 5.82. The van der Waals surface area contributed by atoms with Crippen LogP contribution in [0.15, 0.2) is 46.0 Å². The highest BCUT2D eigenvalue weighted by Crippen LogP contribution is 2.33. The Hall–Kier alpha value is -4.46. The number of nitrogens with two attached hydrogens (primary N) is 1. The van der Waals surface area contributed by atoms with Gasteiger partial charge in [0.1, 0.15) is 29.2 Å². The zero-order valence-corrected chi connectivity index (χ0v) is 19.9. The van der Waals surface area contributed by atoms with E-state index in [1.165, 1.54) is 12.4 Å². The fourth-order valence-corrected chi connectivity index (χ4v) is 4.13. The fraction of sp³-hybridized carbons (Fsp3) is 0.182. The average Bonchev–Trinajstić information content (AvgIpc) is 3.48. The zero-order valence-electron chi connectivity index (χ0n) is 19.1. The van der Waals surface area contributed by atoms with Crippen LogP contribution < -0.4 is 16.6 Å². The molecule has 0 aliphatic rings. The standard InChI is InChI=1S/C22H17ClF3N9O2/c1-9(30-19-17(18(27)28-8-29-19)20-31-10(2)34-37-20)13-6-11-4-3-5-12(23)16(11)21(36)35(13)15-7-14(32-33-15)22(24,25)26/h3-9H,1-2H3,(H,32,33)(H3,27,28,29,30)/t9-/m0/s1. The van der Waals surface area contributed by atoms with E-state index in [0.29, 0.717) is 11.2 Å². The molecule has 1 atom stereocenters. The number of rotatable bonds is 5. The molecule has 0 unspecified atom stereocenters. The summed E-state index contributed by atoms with van der Waals surface area (Å²) in [6, 6.07) is 6.50. The van der Waals surface area contributed by atoms with E-state index in [1.807, 2.05) is 5.10 Å². The molecular formula is C22H17ClF3N9O2. The van der Waals surface area contributed by atoms with Crippen LogP contribution in [-0.4, -0.2) is 34.9 Å². The van der Waals surface area contributed by atoms with Gasteiger partial charge in [0.2, 0.25) is 0 Å². The van der Waals surface area contributed by atoms with Crippen molar-refractivity contribution in [2.24, 2.45) is 0 Å². The molecule has 0 saturated carbocycles. The highest BCUT2D eigenvalue weighted by atomic mass is 35.5. The van der Waals surface area contributed by atoms with Crippen LogP contribution in [0.5, 0.6) is 0 Å². The van der Waals surface area contributed by atoms with Crippen molar-refractivity contribution in [1.29, 1.82) is 0 Å². The predicted octanol–water partition coefficient (Wildman–Crippen LogP) is 4.29. The van der Waals surface area contributed by atoms with Gasteiger partial charge in [0.25, 0.3) is 11.4 Å². The van der Waals surface area contributed by atoms with Gasteiger partial charge in [-0.05, 0) is 31.4 Å². The molecule has 0 aliphatic carbocycles. The molecular weight excluding hydrogens is 515 g/mol. The molecule has 5 aromatic rings. The predicted molar refractivity (Wildman–Crippen MR) is 128 cm³/mol. The van der Waals surface area contributed by atoms with E-state index in [0.717, 1.165) is 10.6 Å². The van der Waals surface area contributed by atoms with Crippen LogP contribution in [0.4, 0.5) is 24.8 Å². The monoisotopic (exact) mass is 531 g/mol. The number of alkyl halides is 3. The molecule has 190 valence electrons. The van der Waals surface area contributed by atoms with Gasteiger partial charge in [-0.3, -0.25) is 14.5 Å². The summed E-state index contributed by atoms with van der Waals surface area (Å²) in [5.74, 6) is 0.411. The first-order valence-corrected chi connectivity index (χ1v) is 11.1. The van der Waals surface area contributed by atoms with Gasteiger partial charge in [-0.1, -0.05) is 28.9 Å². The molecule has 11 nitrogen and oxygen atoms in total. The number of nitrogen functional groups attached to an aromatic ring is 1.